The van der Waals surface area contributed by atoms with Crippen molar-refractivity contribution in [3.05, 3.63) is 23.8 Å². The van der Waals surface area contributed by atoms with Gasteiger partial charge in [-0.3, -0.25) is 4.40 Å². The molecule has 0 radical (unpaired) electrons. The summed E-state index contributed by atoms with van der Waals surface area (Å²) in [6.45, 7) is 0. The minimum absolute atomic E-state index is 0.435. The molecule has 0 atom stereocenters. The Labute approximate surface area is 89.8 Å². The van der Waals surface area contributed by atoms with Gasteiger partial charge in [-0.1, -0.05) is 0 Å². The highest BCUT2D eigenvalue weighted by molar-refractivity contribution is 7.15. The van der Waals surface area contributed by atoms with E-state index in [4.69, 9.17) is 5.73 Å². The molecule has 0 aliphatic rings. The largest absolute Gasteiger partial charge is 0.368 e. The fraction of sp³-hybridized carbons (Fsp3) is 0.111. The molecule has 6 heteroatoms. The normalized spacial score (nSPS) is 11.3. The molecule has 3 rings (SSSR count). The van der Waals surface area contributed by atoms with Gasteiger partial charge >= 0.3 is 0 Å². The van der Waals surface area contributed by atoms with E-state index in [1.54, 1.807) is 0 Å². The lowest BCUT2D eigenvalue weighted by Gasteiger charge is -1.95. The van der Waals surface area contributed by atoms with Crippen LogP contribution in [-0.4, -0.2) is 19.2 Å². The summed E-state index contributed by atoms with van der Waals surface area (Å²) in [4.78, 5) is 0.825. The van der Waals surface area contributed by atoms with Crippen LogP contribution < -0.4 is 5.73 Å². The number of nitrogens with zero attached hydrogens (tertiary/aromatic N) is 4. The number of nitrogen functional groups attached to an aromatic ring is 1. The van der Waals surface area contributed by atoms with Gasteiger partial charge in [0.05, 0.1) is 5.69 Å². The second-order valence-corrected chi connectivity index (χ2v) is 4.20. The van der Waals surface area contributed by atoms with E-state index in [2.05, 4.69) is 10.2 Å². The number of nitrogens with two attached hydrogens (primary N) is 1. The van der Waals surface area contributed by atoms with E-state index < -0.39 is 0 Å². The third-order valence-corrected chi connectivity index (χ3v) is 3.12. The van der Waals surface area contributed by atoms with Crippen LogP contribution in [0, 0.1) is 0 Å². The Bertz CT molecular complexity index is 617. The molecule has 0 aromatic carbocycles. The molecule has 3 heterocycles. The predicted octanol–water partition coefficient (Wildman–Crippen LogP) is 1.38. The van der Waals surface area contributed by atoms with Crippen molar-refractivity contribution in [2.75, 3.05) is 5.73 Å². The highest BCUT2D eigenvalue weighted by Crippen LogP contribution is 2.26. The van der Waals surface area contributed by atoms with Gasteiger partial charge in [-0.2, -0.15) is 0 Å². The van der Waals surface area contributed by atoms with Crippen molar-refractivity contribution in [2.24, 2.45) is 7.05 Å². The second kappa shape index (κ2) is 2.83. The molecule has 0 saturated carbocycles. The molecule has 0 fully saturated rings. The van der Waals surface area contributed by atoms with Crippen LogP contribution in [0.2, 0.25) is 0 Å². The molecular formula is C9H9N5S. The maximum absolute atomic E-state index is 5.75. The summed E-state index contributed by atoms with van der Waals surface area (Å²) < 4.78 is 3.86. The zero-order chi connectivity index (χ0) is 10.4. The molecule has 15 heavy (non-hydrogen) atoms. The molecule has 2 N–H and O–H groups in total. The first kappa shape index (κ1) is 8.49. The molecule has 76 valence electrons. The SMILES string of the molecule is Cn1ccc(-c2csc3nnc(N)n23)c1. The molecule has 0 amide bonds. The fourth-order valence-electron chi connectivity index (χ4n) is 1.60. The quantitative estimate of drug-likeness (QED) is 0.672. The first-order valence-corrected chi connectivity index (χ1v) is 5.34. The topological polar surface area (TPSA) is 61.1 Å². The van der Waals surface area contributed by atoms with Crippen LogP contribution in [-0.2, 0) is 7.05 Å². The van der Waals surface area contributed by atoms with Crippen LogP contribution in [0.1, 0.15) is 0 Å². The Hall–Kier alpha value is -1.82. The number of aromatic nitrogens is 4. The molecule has 5 nitrogen and oxygen atoms in total. The standard InChI is InChI=1S/C9H9N5S/c1-13-3-2-6(4-13)7-5-15-9-12-11-8(10)14(7)9/h2-5H,1H3,(H2,10,11). The van der Waals surface area contributed by atoms with Crippen molar-refractivity contribution in [1.29, 1.82) is 0 Å². The van der Waals surface area contributed by atoms with Gasteiger partial charge in [0.2, 0.25) is 10.9 Å². The van der Waals surface area contributed by atoms with Crippen molar-refractivity contribution >= 4 is 22.2 Å². The van der Waals surface area contributed by atoms with Crippen LogP contribution in [0.25, 0.3) is 16.2 Å². The van der Waals surface area contributed by atoms with Gasteiger partial charge in [0.15, 0.2) is 0 Å². The average Bonchev–Trinajstić information content (AvgIpc) is 2.84. The molecule has 0 saturated heterocycles. The number of aryl methyl sites for hydroxylation is 1. The molecule has 0 bridgehead atoms. The van der Waals surface area contributed by atoms with Crippen LogP contribution in [0.5, 0.6) is 0 Å². The van der Waals surface area contributed by atoms with Crippen LogP contribution in [0.4, 0.5) is 5.95 Å². The lowest BCUT2D eigenvalue weighted by atomic mass is 10.3. The smallest absolute Gasteiger partial charge is 0.227 e. The van der Waals surface area contributed by atoms with Crippen molar-refractivity contribution in [2.45, 2.75) is 0 Å². The van der Waals surface area contributed by atoms with E-state index in [-0.39, 0.29) is 0 Å². The molecule has 0 aliphatic carbocycles. The maximum Gasteiger partial charge on any atom is 0.227 e. The summed E-state index contributed by atoms with van der Waals surface area (Å²) in [6.07, 6.45) is 4.04. The third-order valence-electron chi connectivity index (χ3n) is 2.30. The zero-order valence-electron chi connectivity index (χ0n) is 8.08. The van der Waals surface area contributed by atoms with Gasteiger partial charge in [0.1, 0.15) is 0 Å². The van der Waals surface area contributed by atoms with Crippen LogP contribution >= 0.6 is 11.3 Å². The van der Waals surface area contributed by atoms with Gasteiger partial charge in [-0.05, 0) is 6.07 Å². The number of anilines is 1. The summed E-state index contributed by atoms with van der Waals surface area (Å²) in [5.74, 6) is 0.435. The molecule has 0 unspecified atom stereocenters. The Balaban J connectivity index is 2.30. The average molecular weight is 219 g/mol. The van der Waals surface area contributed by atoms with E-state index in [0.717, 1.165) is 16.2 Å². The Morgan fingerprint density at radius 1 is 1.40 bits per heavy atom. The summed E-state index contributed by atoms with van der Waals surface area (Å²) in [5, 5.41) is 9.85. The van der Waals surface area contributed by atoms with Gasteiger partial charge in [0.25, 0.3) is 0 Å². The number of fused-ring (bicyclic) bond motifs is 1. The van der Waals surface area contributed by atoms with E-state index >= 15 is 0 Å². The van der Waals surface area contributed by atoms with Crippen molar-refractivity contribution in [1.82, 2.24) is 19.2 Å². The first-order chi connectivity index (χ1) is 7.25. The van der Waals surface area contributed by atoms with Crippen LogP contribution in [0.15, 0.2) is 23.8 Å². The number of hydrogen-bond acceptors (Lipinski definition) is 4. The summed E-state index contributed by atoms with van der Waals surface area (Å²) >= 11 is 1.54. The number of rotatable bonds is 1. The summed E-state index contributed by atoms with van der Waals surface area (Å²) in [6, 6.07) is 2.04. The van der Waals surface area contributed by atoms with Crippen molar-refractivity contribution < 1.29 is 0 Å². The second-order valence-electron chi connectivity index (χ2n) is 3.36. The van der Waals surface area contributed by atoms with Crippen LogP contribution in [0.3, 0.4) is 0 Å². The molecule has 0 aliphatic heterocycles. The van der Waals surface area contributed by atoms with Gasteiger partial charge in [-0.25, -0.2) is 0 Å². The van der Waals surface area contributed by atoms with E-state index in [0.29, 0.717) is 5.95 Å². The number of hydrogen-bond donors (Lipinski definition) is 1. The summed E-state index contributed by atoms with van der Waals surface area (Å²) in [5.41, 5.74) is 7.92. The molecule has 3 aromatic heterocycles. The Morgan fingerprint density at radius 2 is 2.27 bits per heavy atom. The third kappa shape index (κ3) is 1.15. The Morgan fingerprint density at radius 3 is 3.00 bits per heavy atom. The predicted molar refractivity (Wildman–Crippen MR) is 59.7 cm³/mol. The number of thiazole rings is 1. The Kier molecular flexibility index (Phi) is 1.60. The van der Waals surface area contributed by atoms with Gasteiger partial charge in [-0.15, -0.1) is 21.5 Å². The highest BCUT2D eigenvalue weighted by atomic mass is 32.1. The minimum Gasteiger partial charge on any atom is -0.368 e. The highest BCUT2D eigenvalue weighted by Gasteiger charge is 2.11. The van der Waals surface area contributed by atoms with Gasteiger partial charge in [0, 0.05) is 30.4 Å². The lowest BCUT2D eigenvalue weighted by Crippen LogP contribution is -1.94. The van der Waals surface area contributed by atoms with E-state index in [1.807, 2.05) is 39.9 Å². The van der Waals surface area contributed by atoms with E-state index in [1.165, 1.54) is 11.3 Å². The molecular weight excluding hydrogens is 210 g/mol. The summed E-state index contributed by atoms with van der Waals surface area (Å²) in [7, 11) is 1.99. The van der Waals surface area contributed by atoms with Crippen molar-refractivity contribution in [3.63, 3.8) is 0 Å². The minimum atomic E-state index is 0.435. The van der Waals surface area contributed by atoms with E-state index in [9.17, 15) is 0 Å². The van der Waals surface area contributed by atoms with Crippen molar-refractivity contribution in [3.8, 4) is 11.3 Å². The van der Waals surface area contributed by atoms with Gasteiger partial charge < -0.3 is 10.3 Å². The monoisotopic (exact) mass is 219 g/mol. The maximum atomic E-state index is 5.75. The molecule has 3 aromatic rings. The first-order valence-electron chi connectivity index (χ1n) is 4.46. The molecule has 0 spiro atoms. The lowest BCUT2D eigenvalue weighted by molar-refractivity contribution is 0.928. The fourth-order valence-corrected chi connectivity index (χ4v) is 2.44. The zero-order valence-corrected chi connectivity index (χ0v) is 8.90.